The van der Waals surface area contributed by atoms with Gasteiger partial charge in [0.05, 0.1) is 17.4 Å². The normalized spacial score (nSPS) is 10.2. The first kappa shape index (κ1) is 13.4. The van der Waals surface area contributed by atoms with Gasteiger partial charge >= 0.3 is 0 Å². The highest BCUT2D eigenvalue weighted by molar-refractivity contribution is 6.30. The van der Waals surface area contributed by atoms with E-state index in [1.54, 1.807) is 22.9 Å². The van der Waals surface area contributed by atoms with Crippen LogP contribution >= 0.6 is 11.6 Å². The third kappa shape index (κ3) is 3.73. The van der Waals surface area contributed by atoms with Crippen LogP contribution in [0.1, 0.15) is 17.5 Å². The summed E-state index contributed by atoms with van der Waals surface area (Å²) in [6, 6.07) is 7.38. The number of anilines is 1. The molecule has 2 rings (SSSR count). The Morgan fingerprint density at radius 3 is 3.00 bits per heavy atom. The highest BCUT2D eigenvalue weighted by Gasteiger charge is 2.02. The van der Waals surface area contributed by atoms with E-state index in [1.165, 1.54) is 5.56 Å². The summed E-state index contributed by atoms with van der Waals surface area (Å²) in [5.74, 6) is 0. The maximum Gasteiger partial charge on any atom is 0.101 e. The van der Waals surface area contributed by atoms with Crippen LogP contribution < -0.4 is 5.32 Å². The van der Waals surface area contributed by atoms with Gasteiger partial charge in [-0.05, 0) is 36.6 Å². The molecule has 0 spiro atoms. The standard InChI is InChI=1S/C14H15ClN4/c1-19-10-11(9-18-19)3-2-6-17-14-7-13(15)5-4-12(14)8-16/h4-5,7,9-10,17H,2-3,6H2,1H3. The van der Waals surface area contributed by atoms with Crippen molar-refractivity contribution in [1.29, 1.82) is 5.26 Å². The zero-order valence-corrected chi connectivity index (χ0v) is 11.5. The van der Waals surface area contributed by atoms with Crippen LogP contribution in [0, 0.1) is 11.3 Å². The molecule has 1 N–H and O–H groups in total. The Labute approximate surface area is 117 Å². The van der Waals surface area contributed by atoms with Crippen LogP contribution in [-0.4, -0.2) is 16.3 Å². The number of hydrogen-bond acceptors (Lipinski definition) is 3. The molecule has 1 heterocycles. The van der Waals surface area contributed by atoms with E-state index in [0.717, 1.165) is 25.1 Å². The number of hydrogen-bond donors (Lipinski definition) is 1. The molecule has 0 bridgehead atoms. The van der Waals surface area contributed by atoms with Gasteiger partial charge in [-0.15, -0.1) is 0 Å². The van der Waals surface area contributed by atoms with Crippen LogP contribution in [0.5, 0.6) is 0 Å². The highest BCUT2D eigenvalue weighted by atomic mass is 35.5. The van der Waals surface area contributed by atoms with Crippen molar-refractivity contribution in [2.24, 2.45) is 7.05 Å². The van der Waals surface area contributed by atoms with E-state index in [1.807, 2.05) is 19.4 Å². The summed E-state index contributed by atoms with van der Waals surface area (Å²) in [7, 11) is 1.91. The highest BCUT2D eigenvalue weighted by Crippen LogP contribution is 2.20. The molecule has 0 amide bonds. The topological polar surface area (TPSA) is 53.6 Å². The van der Waals surface area contributed by atoms with E-state index in [2.05, 4.69) is 16.5 Å². The van der Waals surface area contributed by atoms with Crippen molar-refractivity contribution >= 4 is 17.3 Å². The summed E-state index contributed by atoms with van der Waals surface area (Å²) < 4.78 is 1.80. The average Bonchev–Trinajstić information content (AvgIpc) is 2.81. The minimum absolute atomic E-state index is 0.616. The minimum atomic E-state index is 0.616. The van der Waals surface area contributed by atoms with Crippen LogP contribution in [0.25, 0.3) is 0 Å². The number of nitriles is 1. The van der Waals surface area contributed by atoms with Crippen LogP contribution in [0.2, 0.25) is 5.02 Å². The molecule has 0 aliphatic carbocycles. The second-order valence-corrected chi connectivity index (χ2v) is 4.79. The zero-order valence-electron chi connectivity index (χ0n) is 10.7. The molecule has 5 heteroatoms. The van der Waals surface area contributed by atoms with Crippen molar-refractivity contribution in [2.75, 3.05) is 11.9 Å². The maximum atomic E-state index is 9.00. The predicted octanol–water partition coefficient (Wildman–Crippen LogP) is 2.99. The molecule has 1 aromatic heterocycles. The predicted molar refractivity (Wildman–Crippen MR) is 76.2 cm³/mol. The number of benzene rings is 1. The molecule has 0 saturated heterocycles. The van der Waals surface area contributed by atoms with Crippen LogP contribution in [0.3, 0.4) is 0 Å². The lowest BCUT2D eigenvalue weighted by Crippen LogP contribution is -2.04. The molecule has 0 saturated carbocycles. The van der Waals surface area contributed by atoms with Gasteiger partial charge in [-0.25, -0.2) is 0 Å². The monoisotopic (exact) mass is 274 g/mol. The fourth-order valence-corrected chi connectivity index (χ4v) is 2.05. The molecule has 4 nitrogen and oxygen atoms in total. The Kier molecular flexibility index (Phi) is 4.43. The van der Waals surface area contributed by atoms with Gasteiger partial charge in [0.25, 0.3) is 0 Å². The van der Waals surface area contributed by atoms with Crippen molar-refractivity contribution < 1.29 is 0 Å². The summed E-state index contributed by atoms with van der Waals surface area (Å²) >= 11 is 5.92. The lowest BCUT2D eigenvalue weighted by molar-refractivity contribution is 0.766. The molecule has 98 valence electrons. The Balaban J connectivity index is 1.86. The second kappa shape index (κ2) is 6.26. The van der Waals surface area contributed by atoms with Gasteiger partial charge in [-0.2, -0.15) is 10.4 Å². The first-order valence-corrected chi connectivity index (χ1v) is 6.48. The van der Waals surface area contributed by atoms with E-state index >= 15 is 0 Å². The van der Waals surface area contributed by atoms with Crippen LogP contribution in [0.15, 0.2) is 30.6 Å². The summed E-state index contributed by atoms with van der Waals surface area (Å²) in [6.45, 7) is 0.796. The SMILES string of the molecule is Cn1cc(CCCNc2cc(Cl)ccc2C#N)cn1. The molecular formula is C14H15ClN4. The van der Waals surface area contributed by atoms with Gasteiger partial charge in [-0.1, -0.05) is 11.6 Å². The number of halogens is 1. The lowest BCUT2D eigenvalue weighted by atomic mass is 10.1. The Morgan fingerprint density at radius 1 is 1.47 bits per heavy atom. The minimum Gasteiger partial charge on any atom is -0.384 e. The van der Waals surface area contributed by atoms with Crippen LogP contribution in [0.4, 0.5) is 5.69 Å². The first-order chi connectivity index (χ1) is 9.19. The van der Waals surface area contributed by atoms with E-state index in [0.29, 0.717) is 10.6 Å². The zero-order chi connectivity index (χ0) is 13.7. The van der Waals surface area contributed by atoms with Gasteiger partial charge in [0.1, 0.15) is 6.07 Å². The van der Waals surface area contributed by atoms with Gasteiger partial charge in [-0.3, -0.25) is 4.68 Å². The Hall–Kier alpha value is -1.99. The summed E-state index contributed by atoms with van der Waals surface area (Å²) in [5, 5.41) is 17.0. The molecule has 1 aromatic carbocycles. The van der Waals surface area contributed by atoms with Gasteiger partial charge in [0.15, 0.2) is 0 Å². The fraction of sp³-hybridized carbons (Fsp3) is 0.286. The molecule has 0 aliphatic heterocycles. The van der Waals surface area contributed by atoms with Gasteiger partial charge in [0.2, 0.25) is 0 Å². The van der Waals surface area contributed by atoms with Gasteiger partial charge < -0.3 is 5.32 Å². The van der Waals surface area contributed by atoms with Crippen molar-refractivity contribution in [3.63, 3.8) is 0 Å². The first-order valence-electron chi connectivity index (χ1n) is 6.10. The molecule has 0 radical (unpaired) electrons. The fourth-order valence-electron chi connectivity index (χ4n) is 1.88. The number of aromatic nitrogens is 2. The van der Waals surface area contributed by atoms with E-state index in [4.69, 9.17) is 16.9 Å². The summed E-state index contributed by atoms with van der Waals surface area (Å²) in [5.41, 5.74) is 2.63. The molecule has 0 unspecified atom stereocenters. The van der Waals surface area contributed by atoms with Crippen molar-refractivity contribution in [2.45, 2.75) is 12.8 Å². The Morgan fingerprint density at radius 2 is 2.32 bits per heavy atom. The molecular weight excluding hydrogens is 260 g/mol. The molecule has 0 aliphatic rings. The number of nitrogens with zero attached hydrogens (tertiary/aromatic N) is 3. The van der Waals surface area contributed by atoms with Crippen molar-refractivity contribution in [3.8, 4) is 6.07 Å². The molecule has 2 aromatic rings. The summed E-state index contributed by atoms with van der Waals surface area (Å²) in [4.78, 5) is 0. The maximum absolute atomic E-state index is 9.00. The second-order valence-electron chi connectivity index (χ2n) is 4.35. The van der Waals surface area contributed by atoms with Gasteiger partial charge in [0, 0.05) is 24.8 Å². The van der Waals surface area contributed by atoms with E-state index in [-0.39, 0.29) is 0 Å². The van der Waals surface area contributed by atoms with Crippen LogP contribution in [-0.2, 0) is 13.5 Å². The Bertz CT molecular complexity index is 598. The van der Waals surface area contributed by atoms with E-state index < -0.39 is 0 Å². The third-order valence-corrected chi connectivity index (χ3v) is 3.05. The number of aryl methyl sites for hydroxylation is 2. The quantitative estimate of drug-likeness (QED) is 0.853. The summed E-state index contributed by atoms with van der Waals surface area (Å²) in [6.07, 6.45) is 5.83. The third-order valence-electron chi connectivity index (χ3n) is 2.82. The number of nitrogens with one attached hydrogen (secondary N) is 1. The molecule has 19 heavy (non-hydrogen) atoms. The van der Waals surface area contributed by atoms with E-state index in [9.17, 15) is 0 Å². The smallest absolute Gasteiger partial charge is 0.101 e. The van der Waals surface area contributed by atoms with Crippen molar-refractivity contribution in [1.82, 2.24) is 9.78 Å². The van der Waals surface area contributed by atoms with Crippen molar-refractivity contribution in [3.05, 3.63) is 46.7 Å². The average molecular weight is 275 g/mol. The number of rotatable bonds is 5. The lowest BCUT2D eigenvalue weighted by Gasteiger charge is -2.08. The molecule has 0 fully saturated rings. The largest absolute Gasteiger partial charge is 0.384 e. The molecule has 0 atom stereocenters.